The molecule has 1 aliphatic rings. The van der Waals surface area contributed by atoms with Crippen molar-refractivity contribution in [3.8, 4) is 0 Å². The number of fused-ring (bicyclic) bond motifs is 1. The highest BCUT2D eigenvalue weighted by molar-refractivity contribution is 7.16. The molecule has 1 aromatic carbocycles. The fraction of sp³-hybridized carbons (Fsp3) is 0.308. The topological polar surface area (TPSA) is 67.5 Å². The number of carbonyl (C=O) groups excluding carboxylic acids is 2. The normalized spacial score (nSPS) is 15.5. The van der Waals surface area contributed by atoms with Gasteiger partial charge in [0.1, 0.15) is 16.3 Å². The van der Waals surface area contributed by atoms with Gasteiger partial charge in [0.15, 0.2) is 0 Å². The van der Waals surface area contributed by atoms with Crippen LogP contribution in [0.25, 0.3) is 10.2 Å². The third-order valence-electron chi connectivity index (χ3n) is 6.46. The number of benzene rings is 1. The van der Waals surface area contributed by atoms with Crippen molar-refractivity contribution in [3.63, 3.8) is 0 Å². The molecule has 0 spiro atoms. The number of aromatic nitrogens is 1. The predicted molar refractivity (Wildman–Crippen MR) is 134 cm³/mol. The Bertz CT molecular complexity index is 1280. The summed E-state index contributed by atoms with van der Waals surface area (Å²) in [6, 6.07) is 15.2. The lowest BCUT2D eigenvalue weighted by Gasteiger charge is -2.32. The Hall–Kier alpha value is -3.03. The van der Waals surface area contributed by atoms with Crippen molar-refractivity contribution >= 4 is 45.0 Å². The zero-order valence-corrected chi connectivity index (χ0v) is 20.4. The molecule has 1 fully saturated rings. The maximum absolute atomic E-state index is 13.5. The van der Waals surface area contributed by atoms with E-state index < -0.39 is 0 Å². The molecule has 5 rings (SSSR count). The van der Waals surface area contributed by atoms with Crippen molar-refractivity contribution in [2.75, 3.05) is 13.1 Å². The maximum atomic E-state index is 13.5. The fourth-order valence-electron chi connectivity index (χ4n) is 4.53. The number of piperidine rings is 1. The van der Waals surface area contributed by atoms with Crippen LogP contribution >= 0.6 is 22.9 Å². The molecule has 4 heterocycles. The Labute approximate surface area is 207 Å². The minimum Gasteiger partial charge on any atom is -0.467 e. The number of furan rings is 1. The van der Waals surface area contributed by atoms with E-state index in [9.17, 15) is 9.59 Å². The monoisotopic (exact) mass is 495 g/mol. The van der Waals surface area contributed by atoms with Crippen LogP contribution in [0.2, 0.25) is 5.02 Å². The summed E-state index contributed by atoms with van der Waals surface area (Å²) in [5.74, 6) is 0.663. The van der Waals surface area contributed by atoms with E-state index in [4.69, 9.17) is 16.0 Å². The molecule has 6 nitrogen and oxygen atoms in total. The van der Waals surface area contributed by atoms with E-state index in [1.807, 2.05) is 65.7 Å². The van der Waals surface area contributed by atoms with Crippen molar-refractivity contribution in [1.82, 2.24) is 14.8 Å². The van der Waals surface area contributed by atoms with Crippen LogP contribution in [0, 0.1) is 5.92 Å². The molecule has 3 aromatic heterocycles. The van der Waals surface area contributed by atoms with Gasteiger partial charge >= 0.3 is 0 Å². The molecule has 1 saturated heterocycles. The van der Waals surface area contributed by atoms with Crippen LogP contribution in [0.15, 0.2) is 64.6 Å². The average Bonchev–Trinajstić information content (AvgIpc) is 3.59. The van der Waals surface area contributed by atoms with Gasteiger partial charge in [-0.15, -0.1) is 11.3 Å². The largest absolute Gasteiger partial charge is 0.467 e. The second kappa shape index (κ2) is 9.68. The van der Waals surface area contributed by atoms with E-state index >= 15 is 0 Å². The van der Waals surface area contributed by atoms with Crippen molar-refractivity contribution in [2.24, 2.45) is 5.92 Å². The highest BCUT2D eigenvalue weighted by Crippen LogP contribution is 2.29. The molecule has 8 heteroatoms. The molecule has 176 valence electrons. The highest BCUT2D eigenvalue weighted by atomic mass is 35.5. The zero-order valence-electron chi connectivity index (χ0n) is 18.9. The van der Waals surface area contributed by atoms with Crippen LogP contribution in [-0.4, -0.2) is 34.4 Å². The quantitative estimate of drug-likeness (QED) is 0.371. The Balaban J connectivity index is 1.26. The third kappa shape index (κ3) is 4.63. The zero-order chi connectivity index (χ0) is 23.7. The van der Waals surface area contributed by atoms with Gasteiger partial charge in [0.2, 0.25) is 5.91 Å². The van der Waals surface area contributed by atoms with Crippen LogP contribution in [0.4, 0.5) is 0 Å². The number of halogens is 1. The summed E-state index contributed by atoms with van der Waals surface area (Å²) in [6.45, 7) is 3.64. The smallest absolute Gasteiger partial charge is 0.270 e. The molecule has 1 unspecified atom stereocenters. The molecular formula is C26H26ClN3O3S. The highest BCUT2D eigenvalue weighted by Gasteiger charge is 2.30. The number of nitrogens with zero attached hydrogens (tertiary/aromatic N) is 2. The first-order valence-corrected chi connectivity index (χ1v) is 12.7. The lowest BCUT2D eigenvalue weighted by molar-refractivity contribution is -0.127. The van der Waals surface area contributed by atoms with Crippen molar-refractivity contribution in [2.45, 2.75) is 32.4 Å². The number of nitrogens with one attached hydrogen (secondary N) is 1. The molecule has 4 aromatic rings. The second-order valence-electron chi connectivity index (χ2n) is 8.74. The maximum Gasteiger partial charge on any atom is 0.270 e. The van der Waals surface area contributed by atoms with Gasteiger partial charge in [-0.3, -0.25) is 9.59 Å². The van der Waals surface area contributed by atoms with Gasteiger partial charge < -0.3 is 19.2 Å². The van der Waals surface area contributed by atoms with E-state index in [2.05, 4.69) is 9.88 Å². The summed E-state index contributed by atoms with van der Waals surface area (Å²) in [6.07, 6.45) is 2.90. The lowest BCUT2D eigenvalue weighted by atomic mass is 9.95. The van der Waals surface area contributed by atoms with Crippen LogP contribution in [-0.2, 0) is 11.3 Å². The first-order chi connectivity index (χ1) is 16.5. The van der Waals surface area contributed by atoms with Gasteiger partial charge in [0, 0.05) is 36.0 Å². The molecule has 1 atom stereocenters. The van der Waals surface area contributed by atoms with E-state index in [0.717, 1.165) is 21.5 Å². The van der Waals surface area contributed by atoms with Crippen LogP contribution in [0.3, 0.4) is 0 Å². The van der Waals surface area contributed by atoms with Gasteiger partial charge in [-0.2, -0.15) is 0 Å². The SMILES string of the molecule is CC(NC(=O)C1CCN(C(=O)c2cc3ccsc3n2Cc2ccc(Cl)cc2)CC1)c1ccco1. The number of hydrogen-bond acceptors (Lipinski definition) is 4. The molecule has 0 aliphatic carbocycles. The first kappa shape index (κ1) is 22.7. The Kier molecular flexibility index (Phi) is 6.48. The second-order valence-corrected chi connectivity index (χ2v) is 10.1. The van der Waals surface area contributed by atoms with Gasteiger partial charge in [-0.05, 0) is 67.1 Å². The molecule has 2 amide bonds. The van der Waals surface area contributed by atoms with Crippen LogP contribution in [0.1, 0.15) is 47.6 Å². The predicted octanol–water partition coefficient (Wildman–Crippen LogP) is 5.73. The van der Waals surface area contributed by atoms with Crippen LogP contribution < -0.4 is 5.32 Å². The van der Waals surface area contributed by atoms with Gasteiger partial charge in [-0.25, -0.2) is 0 Å². The molecule has 0 saturated carbocycles. The summed E-state index contributed by atoms with van der Waals surface area (Å²) in [7, 11) is 0. The van der Waals surface area contributed by atoms with E-state index in [0.29, 0.717) is 43.2 Å². The summed E-state index contributed by atoms with van der Waals surface area (Å²) in [5, 5.41) is 6.85. The fourth-order valence-corrected chi connectivity index (χ4v) is 5.55. The standard InChI is InChI=1S/C26H26ClN3O3S/c1-17(23-3-2-13-33-23)28-24(31)19-8-11-29(12-9-19)25(32)22-15-20-10-14-34-26(20)30(22)16-18-4-6-21(27)7-5-18/h2-7,10,13-15,17,19H,8-9,11-12,16H2,1H3,(H,28,31). The van der Waals surface area contributed by atoms with E-state index in [1.54, 1.807) is 17.6 Å². The lowest BCUT2D eigenvalue weighted by Crippen LogP contribution is -2.43. The van der Waals surface area contributed by atoms with Crippen molar-refractivity contribution < 1.29 is 14.0 Å². The number of hydrogen-bond donors (Lipinski definition) is 1. The number of rotatable bonds is 6. The molecule has 0 radical (unpaired) electrons. The molecule has 0 bridgehead atoms. The number of carbonyl (C=O) groups is 2. The molecular weight excluding hydrogens is 470 g/mol. The minimum absolute atomic E-state index is 0.0141. The molecule has 1 N–H and O–H groups in total. The van der Waals surface area contributed by atoms with Gasteiger partial charge in [0.25, 0.3) is 5.91 Å². The molecule has 34 heavy (non-hydrogen) atoms. The Morgan fingerprint density at radius 3 is 2.65 bits per heavy atom. The summed E-state index contributed by atoms with van der Waals surface area (Å²) in [5.41, 5.74) is 1.77. The number of likely N-dealkylation sites (tertiary alicyclic amines) is 1. The molecule has 1 aliphatic heterocycles. The van der Waals surface area contributed by atoms with Crippen molar-refractivity contribution in [1.29, 1.82) is 0 Å². The number of amides is 2. The van der Waals surface area contributed by atoms with E-state index in [1.165, 1.54) is 0 Å². The number of thiophene rings is 1. The van der Waals surface area contributed by atoms with Gasteiger partial charge in [-0.1, -0.05) is 23.7 Å². The van der Waals surface area contributed by atoms with Crippen molar-refractivity contribution in [3.05, 3.63) is 82.2 Å². The Morgan fingerprint density at radius 1 is 1.18 bits per heavy atom. The summed E-state index contributed by atoms with van der Waals surface area (Å²) >= 11 is 7.68. The minimum atomic E-state index is -0.175. The van der Waals surface area contributed by atoms with E-state index in [-0.39, 0.29) is 23.8 Å². The van der Waals surface area contributed by atoms with Gasteiger partial charge in [0.05, 0.1) is 12.3 Å². The average molecular weight is 496 g/mol. The summed E-state index contributed by atoms with van der Waals surface area (Å²) < 4.78 is 7.48. The Morgan fingerprint density at radius 2 is 1.94 bits per heavy atom. The third-order valence-corrected chi connectivity index (χ3v) is 7.66. The van der Waals surface area contributed by atoms with Crippen LogP contribution in [0.5, 0.6) is 0 Å². The summed E-state index contributed by atoms with van der Waals surface area (Å²) in [4.78, 5) is 29.2. The first-order valence-electron chi connectivity index (χ1n) is 11.4.